The van der Waals surface area contributed by atoms with Crippen LogP contribution in [-0.2, 0) is 0 Å². The van der Waals surface area contributed by atoms with Gasteiger partial charge >= 0.3 is 5.97 Å². The minimum Gasteiger partial charge on any atom is -0.478 e. The van der Waals surface area contributed by atoms with Crippen molar-refractivity contribution in [3.63, 3.8) is 0 Å². The lowest BCUT2D eigenvalue weighted by molar-refractivity contribution is 0.0698. The first-order valence-corrected chi connectivity index (χ1v) is 7.38. The maximum absolute atomic E-state index is 11.5. The SMILES string of the molecule is Cc1nc2cccc(C(=O)O)c2n1C1CCN(C)CC1C. The minimum atomic E-state index is -0.887. The molecule has 1 N–H and O–H groups in total. The molecule has 3 rings (SSSR count). The number of aryl methyl sites for hydroxylation is 1. The number of nitrogens with zero attached hydrogens (tertiary/aromatic N) is 3. The third-order valence-corrected chi connectivity index (χ3v) is 4.51. The molecule has 2 aromatic rings. The Hall–Kier alpha value is -1.88. The van der Waals surface area contributed by atoms with E-state index in [9.17, 15) is 9.90 Å². The average Bonchev–Trinajstić information content (AvgIpc) is 2.74. The number of carboxylic acid groups (broad SMARTS) is 1. The predicted octanol–water partition coefficient (Wildman–Crippen LogP) is 2.56. The molecule has 2 atom stereocenters. The van der Waals surface area contributed by atoms with Gasteiger partial charge in [-0.05, 0) is 45.0 Å². The molecule has 1 aromatic heterocycles. The Morgan fingerprint density at radius 3 is 2.86 bits per heavy atom. The summed E-state index contributed by atoms with van der Waals surface area (Å²) in [6.07, 6.45) is 1.03. The topological polar surface area (TPSA) is 58.4 Å². The van der Waals surface area contributed by atoms with Crippen molar-refractivity contribution in [1.82, 2.24) is 14.5 Å². The number of aromatic nitrogens is 2. The molecule has 0 saturated carbocycles. The predicted molar refractivity (Wildman–Crippen MR) is 81.7 cm³/mol. The zero-order chi connectivity index (χ0) is 15.1. The Kier molecular flexibility index (Phi) is 3.45. The van der Waals surface area contributed by atoms with Crippen molar-refractivity contribution in [3.05, 3.63) is 29.6 Å². The van der Waals surface area contributed by atoms with Gasteiger partial charge in [0, 0.05) is 12.6 Å². The largest absolute Gasteiger partial charge is 0.478 e. The minimum absolute atomic E-state index is 0.312. The van der Waals surface area contributed by atoms with Gasteiger partial charge in [0.2, 0.25) is 0 Å². The van der Waals surface area contributed by atoms with Gasteiger partial charge in [-0.25, -0.2) is 9.78 Å². The number of imidazole rings is 1. The first kappa shape index (κ1) is 14.1. The second kappa shape index (κ2) is 5.15. The summed E-state index contributed by atoms with van der Waals surface area (Å²) in [6, 6.07) is 5.64. The fourth-order valence-corrected chi connectivity index (χ4v) is 3.57. The molecule has 2 heterocycles. The van der Waals surface area contributed by atoms with Gasteiger partial charge < -0.3 is 14.6 Å². The van der Waals surface area contributed by atoms with E-state index in [-0.39, 0.29) is 0 Å². The number of hydrogen-bond acceptors (Lipinski definition) is 3. The van der Waals surface area contributed by atoms with E-state index in [0.29, 0.717) is 17.5 Å². The maximum atomic E-state index is 11.5. The van der Waals surface area contributed by atoms with Crippen molar-refractivity contribution in [2.75, 3.05) is 20.1 Å². The van der Waals surface area contributed by atoms with Crippen LogP contribution in [0.25, 0.3) is 11.0 Å². The number of carbonyl (C=O) groups is 1. The summed E-state index contributed by atoms with van der Waals surface area (Å²) in [6.45, 7) is 6.26. The van der Waals surface area contributed by atoms with E-state index in [1.54, 1.807) is 12.1 Å². The first-order chi connectivity index (χ1) is 9.99. The Morgan fingerprint density at radius 2 is 2.19 bits per heavy atom. The van der Waals surface area contributed by atoms with Gasteiger partial charge in [0.1, 0.15) is 5.82 Å². The van der Waals surface area contributed by atoms with Gasteiger partial charge in [-0.15, -0.1) is 0 Å². The van der Waals surface area contributed by atoms with Crippen LogP contribution in [0.4, 0.5) is 0 Å². The average molecular weight is 287 g/mol. The summed E-state index contributed by atoms with van der Waals surface area (Å²) < 4.78 is 2.15. The zero-order valence-corrected chi connectivity index (χ0v) is 12.7. The van der Waals surface area contributed by atoms with Crippen LogP contribution in [0.5, 0.6) is 0 Å². The van der Waals surface area contributed by atoms with E-state index in [1.165, 1.54) is 0 Å². The Bertz CT molecular complexity index is 692. The molecule has 0 bridgehead atoms. The molecule has 0 amide bonds. The normalized spacial score (nSPS) is 23.6. The standard InChI is InChI=1S/C16H21N3O2/c1-10-9-18(3)8-7-14(10)19-11(2)17-13-6-4-5-12(15(13)19)16(20)21/h4-6,10,14H,7-9H2,1-3H3,(H,20,21). The fraction of sp³-hybridized carbons (Fsp3) is 0.500. The van der Waals surface area contributed by atoms with E-state index >= 15 is 0 Å². The number of aromatic carboxylic acids is 1. The molecule has 1 aromatic carbocycles. The van der Waals surface area contributed by atoms with Crippen molar-refractivity contribution in [2.24, 2.45) is 5.92 Å². The zero-order valence-electron chi connectivity index (χ0n) is 12.7. The molecule has 1 fully saturated rings. The highest BCUT2D eigenvalue weighted by Gasteiger charge is 2.29. The second-order valence-corrected chi connectivity index (χ2v) is 6.10. The quantitative estimate of drug-likeness (QED) is 0.922. The summed E-state index contributed by atoms with van der Waals surface area (Å²) in [4.78, 5) is 18.4. The monoisotopic (exact) mass is 287 g/mol. The molecule has 0 spiro atoms. The lowest BCUT2D eigenvalue weighted by Gasteiger charge is -2.36. The molecule has 21 heavy (non-hydrogen) atoms. The van der Waals surface area contributed by atoms with Gasteiger partial charge in [0.15, 0.2) is 0 Å². The van der Waals surface area contributed by atoms with E-state index in [1.807, 2.05) is 13.0 Å². The molecule has 0 radical (unpaired) electrons. The van der Waals surface area contributed by atoms with Gasteiger partial charge in [-0.2, -0.15) is 0 Å². The molecule has 1 saturated heterocycles. The third-order valence-electron chi connectivity index (χ3n) is 4.51. The van der Waals surface area contributed by atoms with Crippen LogP contribution in [0.2, 0.25) is 0 Å². The summed E-state index contributed by atoms with van der Waals surface area (Å²) >= 11 is 0. The van der Waals surface area contributed by atoms with Crippen LogP contribution in [0.15, 0.2) is 18.2 Å². The highest BCUT2D eigenvalue weighted by Crippen LogP contribution is 2.33. The van der Waals surface area contributed by atoms with Crippen molar-refractivity contribution in [2.45, 2.75) is 26.3 Å². The number of carboxylic acids is 1. The van der Waals surface area contributed by atoms with Crippen LogP contribution in [0.3, 0.4) is 0 Å². The van der Waals surface area contributed by atoms with Crippen molar-refractivity contribution in [1.29, 1.82) is 0 Å². The van der Waals surface area contributed by atoms with Crippen molar-refractivity contribution in [3.8, 4) is 0 Å². The highest BCUT2D eigenvalue weighted by molar-refractivity contribution is 6.01. The Labute approximate surface area is 124 Å². The summed E-state index contributed by atoms with van der Waals surface area (Å²) in [5.41, 5.74) is 1.89. The summed E-state index contributed by atoms with van der Waals surface area (Å²) in [5.74, 6) is 0.490. The number of para-hydroxylation sites is 1. The van der Waals surface area contributed by atoms with E-state index in [4.69, 9.17) is 0 Å². The summed E-state index contributed by atoms with van der Waals surface area (Å²) in [7, 11) is 2.13. The van der Waals surface area contributed by atoms with Gasteiger partial charge in [-0.3, -0.25) is 0 Å². The Morgan fingerprint density at radius 1 is 1.43 bits per heavy atom. The molecule has 5 nitrogen and oxygen atoms in total. The number of hydrogen-bond donors (Lipinski definition) is 1. The van der Waals surface area contributed by atoms with Gasteiger partial charge in [0.25, 0.3) is 0 Å². The van der Waals surface area contributed by atoms with Crippen LogP contribution in [0, 0.1) is 12.8 Å². The molecule has 5 heteroatoms. The maximum Gasteiger partial charge on any atom is 0.337 e. The molecule has 0 aliphatic carbocycles. The van der Waals surface area contributed by atoms with E-state index in [2.05, 4.69) is 28.4 Å². The second-order valence-electron chi connectivity index (χ2n) is 6.10. The van der Waals surface area contributed by atoms with Gasteiger partial charge in [0.05, 0.1) is 16.6 Å². The number of rotatable bonds is 2. The smallest absolute Gasteiger partial charge is 0.337 e. The number of likely N-dealkylation sites (tertiary alicyclic amines) is 1. The van der Waals surface area contributed by atoms with Crippen molar-refractivity contribution >= 4 is 17.0 Å². The van der Waals surface area contributed by atoms with Crippen LogP contribution in [0.1, 0.15) is 35.6 Å². The van der Waals surface area contributed by atoms with E-state index in [0.717, 1.165) is 36.4 Å². The molecule has 2 unspecified atom stereocenters. The lowest BCUT2D eigenvalue weighted by Crippen LogP contribution is -2.38. The van der Waals surface area contributed by atoms with Crippen LogP contribution < -0.4 is 0 Å². The molecule has 112 valence electrons. The number of benzene rings is 1. The Balaban J connectivity index is 2.18. The van der Waals surface area contributed by atoms with Crippen LogP contribution >= 0.6 is 0 Å². The molecular weight excluding hydrogens is 266 g/mol. The molecule has 1 aliphatic rings. The van der Waals surface area contributed by atoms with Gasteiger partial charge in [-0.1, -0.05) is 13.0 Å². The fourth-order valence-electron chi connectivity index (χ4n) is 3.57. The molecule has 1 aliphatic heterocycles. The summed E-state index contributed by atoms with van der Waals surface area (Å²) in [5, 5.41) is 9.47. The first-order valence-electron chi connectivity index (χ1n) is 7.38. The third kappa shape index (κ3) is 2.31. The number of fused-ring (bicyclic) bond motifs is 1. The highest BCUT2D eigenvalue weighted by atomic mass is 16.4. The molecular formula is C16H21N3O2. The van der Waals surface area contributed by atoms with Crippen LogP contribution in [-0.4, -0.2) is 45.7 Å². The number of piperidine rings is 1. The van der Waals surface area contributed by atoms with Crippen molar-refractivity contribution < 1.29 is 9.90 Å². The van der Waals surface area contributed by atoms with E-state index < -0.39 is 5.97 Å². The lowest BCUT2D eigenvalue weighted by atomic mass is 9.93.